The maximum atomic E-state index is 10.8. The summed E-state index contributed by atoms with van der Waals surface area (Å²) in [5.41, 5.74) is 0. The van der Waals surface area contributed by atoms with Gasteiger partial charge in [-0.2, -0.15) is 0 Å². The van der Waals surface area contributed by atoms with Gasteiger partial charge in [-0.1, -0.05) is 6.92 Å². The number of hydrogen-bond acceptors (Lipinski definition) is 2. The van der Waals surface area contributed by atoms with Crippen LogP contribution in [0.1, 0.15) is 33.1 Å². The summed E-state index contributed by atoms with van der Waals surface area (Å²) in [5, 5.41) is 8.88. The van der Waals surface area contributed by atoms with Gasteiger partial charge in [-0.3, -0.25) is 9.69 Å². The third kappa shape index (κ3) is 2.69. The summed E-state index contributed by atoms with van der Waals surface area (Å²) in [6.45, 7) is 6.13. The van der Waals surface area contributed by atoms with Crippen molar-refractivity contribution >= 4 is 5.97 Å². The average Bonchev–Trinajstić information content (AvgIpc) is 2.17. The van der Waals surface area contributed by atoms with Crippen molar-refractivity contribution in [3.05, 3.63) is 0 Å². The first kappa shape index (κ1) is 10.5. The van der Waals surface area contributed by atoms with Crippen LogP contribution in [0.5, 0.6) is 0 Å². The van der Waals surface area contributed by atoms with Crippen molar-refractivity contribution in [2.75, 3.05) is 13.1 Å². The van der Waals surface area contributed by atoms with E-state index in [-0.39, 0.29) is 5.92 Å². The Morgan fingerprint density at radius 3 is 2.92 bits per heavy atom. The Kier molecular flexibility index (Phi) is 3.72. The SMILES string of the molecule is CCC(C)N1CCCC(C(=O)O)C1. The van der Waals surface area contributed by atoms with E-state index in [2.05, 4.69) is 18.7 Å². The molecule has 0 aromatic heterocycles. The largest absolute Gasteiger partial charge is 0.481 e. The van der Waals surface area contributed by atoms with E-state index in [1.54, 1.807) is 0 Å². The molecular formula is C10H19NO2. The van der Waals surface area contributed by atoms with E-state index in [9.17, 15) is 4.79 Å². The Bertz CT molecular complexity index is 182. The molecule has 3 nitrogen and oxygen atoms in total. The van der Waals surface area contributed by atoms with Crippen LogP contribution >= 0.6 is 0 Å². The third-order valence-electron chi connectivity index (χ3n) is 3.02. The fraction of sp³-hybridized carbons (Fsp3) is 0.900. The molecule has 1 N–H and O–H groups in total. The highest BCUT2D eigenvalue weighted by Crippen LogP contribution is 2.19. The highest BCUT2D eigenvalue weighted by molar-refractivity contribution is 5.70. The molecule has 3 heteroatoms. The number of rotatable bonds is 3. The lowest BCUT2D eigenvalue weighted by Gasteiger charge is -2.34. The van der Waals surface area contributed by atoms with Gasteiger partial charge >= 0.3 is 5.97 Å². The smallest absolute Gasteiger partial charge is 0.307 e. The van der Waals surface area contributed by atoms with Crippen molar-refractivity contribution < 1.29 is 9.90 Å². The Hall–Kier alpha value is -0.570. The second kappa shape index (κ2) is 4.61. The molecule has 1 rings (SSSR count). The molecular weight excluding hydrogens is 166 g/mol. The number of carbonyl (C=O) groups is 1. The van der Waals surface area contributed by atoms with Gasteiger partial charge < -0.3 is 5.11 Å². The Labute approximate surface area is 79.7 Å². The van der Waals surface area contributed by atoms with Crippen molar-refractivity contribution in [3.8, 4) is 0 Å². The summed E-state index contributed by atoms with van der Waals surface area (Å²) in [7, 11) is 0. The van der Waals surface area contributed by atoms with Crippen molar-refractivity contribution in [1.29, 1.82) is 0 Å². The van der Waals surface area contributed by atoms with Crippen molar-refractivity contribution in [3.63, 3.8) is 0 Å². The van der Waals surface area contributed by atoms with Gasteiger partial charge in [-0.05, 0) is 32.7 Å². The van der Waals surface area contributed by atoms with Crippen LogP contribution in [0.4, 0.5) is 0 Å². The van der Waals surface area contributed by atoms with Crippen LogP contribution in [0.2, 0.25) is 0 Å². The van der Waals surface area contributed by atoms with Gasteiger partial charge in [0.25, 0.3) is 0 Å². The summed E-state index contributed by atoms with van der Waals surface area (Å²) in [6, 6.07) is 0.530. The number of hydrogen-bond donors (Lipinski definition) is 1. The Morgan fingerprint density at radius 2 is 2.38 bits per heavy atom. The third-order valence-corrected chi connectivity index (χ3v) is 3.02. The molecule has 1 aliphatic rings. The summed E-state index contributed by atoms with van der Waals surface area (Å²) < 4.78 is 0. The molecule has 1 heterocycles. The first-order valence-electron chi connectivity index (χ1n) is 5.12. The number of likely N-dealkylation sites (tertiary alicyclic amines) is 1. The second-order valence-corrected chi connectivity index (χ2v) is 3.93. The van der Waals surface area contributed by atoms with E-state index in [4.69, 9.17) is 5.11 Å². The molecule has 0 aromatic carbocycles. The van der Waals surface area contributed by atoms with Crippen LogP contribution in [-0.4, -0.2) is 35.1 Å². The zero-order valence-electron chi connectivity index (χ0n) is 8.49. The summed E-state index contributed by atoms with van der Waals surface area (Å²) in [5.74, 6) is -0.768. The minimum Gasteiger partial charge on any atom is -0.481 e. The fourth-order valence-electron chi connectivity index (χ4n) is 1.87. The topological polar surface area (TPSA) is 40.5 Å². The lowest BCUT2D eigenvalue weighted by molar-refractivity contribution is -0.143. The highest BCUT2D eigenvalue weighted by Gasteiger charge is 2.26. The maximum Gasteiger partial charge on any atom is 0.307 e. The fourth-order valence-corrected chi connectivity index (χ4v) is 1.87. The van der Waals surface area contributed by atoms with Gasteiger partial charge in [0.2, 0.25) is 0 Å². The lowest BCUT2D eigenvalue weighted by Crippen LogP contribution is -2.43. The molecule has 1 aliphatic heterocycles. The molecule has 0 saturated carbocycles. The molecule has 0 radical (unpaired) electrons. The number of carboxylic acid groups (broad SMARTS) is 1. The van der Waals surface area contributed by atoms with Gasteiger partial charge in [0, 0.05) is 12.6 Å². The van der Waals surface area contributed by atoms with Gasteiger partial charge in [-0.15, -0.1) is 0 Å². The van der Waals surface area contributed by atoms with Gasteiger partial charge in [0.1, 0.15) is 0 Å². The highest BCUT2D eigenvalue weighted by atomic mass is 16.4. The normalized spacial score (nSPS) is 27.1. The number of piperidine rings is 1. The predicted octanol–water partition coefficient (Wildman–Crippen LogP) is 1.58. The molecule has 0 amide bonds. The van der Waals surface area contributed by atoms with E-state index in [0.29, 0.717) is 6.04 Å². The van der Waals surface area contributed by atoms with Crippen molar-refractivity contribution in [1.82, 2.24) is 4.90 Å². The molecule has 76 valence electrons. The summed E-state index contributed by atoms with van der Waals surface area (Å²) >= 11 is 0. The molecule has 0 spiro atoms. The first-order chi connectivity index (χ1) is 6.15. The lowest BCUT2D eigenvalue weighted by atomic mass is 9.97. The molecule has 1 fully saturated rings. The summed E-state index contributed by atoms with van der Waals surface area (Å²) in [4.78, 5) is 13.1. The first-order valence-corrected chi connectivity index (χ1v) is 5.12. The van der Waals surface area contributed by atoms with Crippen LogP contribution < -0.4 is 0 Å². The maximum absolute atomic E-state index is 10.8. The van der Waals surface area contributed by atoms with Gasteiger partial charge in [0.15, 0.2) is 0 Å². The van der Waals surface area contributed by atoms with Crippen LogP contribution in [0.3, 0.4) is 0 Å². The molecule has 13 heavy (non-hydrogen) atoms. The zero-order chi connectivity index (χ0) is 9.84. The average molecular weight is 185 g/mol. The van der Waals surface area contributed by atoms with Crippen LogP contribution in [0.15, 0.2) is 0 Å². The second-order valence-electron chi connectivity index (χ2n) is 3.93. The zero-order valence-corrected chi connectivity index (χ0v) is 8.49. The van der Waals surface area contributed by atoms with E-state index >= 15 is 0 Å². The van der Waals surface area contributed by atoms with Gasteiger partial charge in [0.05, 0.1) is 5.92 Å². The van der Waals surface area contributed by atoms with Gasteiger partial charge in [-0.25, -0.2) is 0 Å². The van der Waals surface area contributed by atoms with Crippen LogP contribution in [-0.2, 0) is 4.79 Å². The Balaban J connectivity index is 2.46. The standard InChI is InChI=1S/C10H19NO2/c1-3-8(2)11-6-4-5-9(7-11)10(12)13/h8-9H,3-7H2,1-2H3,(H,12,13). The Morgan fingerprint density at radius 1 is 1.69 bits per heavy atom. The number of carboxylic acids is 1. The van der Waals surface area contributed by atoms with Crippen molar-refractivity contribution in [2.24, 2.45) is 5.92 Å². The molecule has 1 saturated heterocycles. The molecule has 0 aromatic rings. The molecule has 2 unspecified atom stereocenters. The van der Waals surface area contributed by atoms with E-state index in [1.807, 2.05) is 0 Å². The predicted molar refractivity (Wildman–Crippen MR) is 51.7 cm³/mol. The quantitative estimate of drug-likeness (QED) is 0.725. The monoisotopic (exact) mass is 185 g/mol. The number of aliphatic carboxylic acids is 1. The van der Waals surface area contributed by atoms with E-state index < -0.39 is 5.97 Å². The van der Waals surface area contributed by atoms with Crippen molar-refractivity contribution in [2.45, 2.75) is 39.2 Å². The van der Waals surface area contributed by atoms with Crippen LogP contribution in [0.25, 0.3) is 0 Å². The molecule has 2 atom stereocenters. The molecule has 0 aliphatic carbocycles. The molecule has 0 bridgehead atoms. The van der Waals surface area contributed by atoms with E-state index in [0.717, 1.165) is 32.4 Å². The minimum absolute atomic E-state index is 0.136. The van der Waals surface area contributed by atoms with E-state index in [1.165, 1.54) is 0 Å². The van der Waals surface area contributed by atoms with Crippen LogP contribution in [0, 0.1) is 5.92 Å². The summed E-state index contributed by atoms with van der Waals surface area (Å²) in [6.07, 6.45) is 2.98. The number of nitrogens with zero attached hydrogens (tertiary/aromatic N) is 1. The minimum atomic E-state index is -0.631.